The van der Waals surface area contributed by atoms with Crippen molar-refractivity contribution in [1.82, 2.24) is 9.97 Å². The molecule has 0 spiro atoms. The van der Waals surface area contributed by atoms with Gasteiger partial charge in [-0.25, -0.2) is 23.5 Å². The fourth-order valence-electron chi connectivity index (χ4n) is 1.38. The minimum atomic E-state index is -3.88. The van der Waals surface area contributed by atoms with Gasteiger partial charge < -0.3 is 4.74 Å². The van der Waals surface area contributed by atoms with Crippen molar-refractivity contribution in [2.24, 2.45) is 5.14 Å². The predicted molar refractivity (Wildman–Crippen MR) is 74.2 cm³/mol. The van der Waals surface area contributed by atoms with Crippen molar-refractivity contribution >= 4 is 33.2 Å². The Balaban J connectivity index is 2.25. The molecule has 0 radical (unpaired) electrons. The van der Waals surface area contributed by atoms with E-state index in [9.17, 15) is 8.42 Å². The highest BCUT2D eigenvalue weighted by molar-refractivity contribution is 7.89. The Morgan fingerprint density at radius 3 is 2.20 bits per heavy atom. The number of aromatic nitrogens is 2. The van der Waals surface area contributed by atoms with Crippen LogP contribution in [0.2, 0.25) is 10.0 Å². The molecule has 0 aliphatic carbocycles. The Morgan fingerprint density at radius 2 is 1.70 bits per heavy atom. The molecule has 0 unspecified atom stereocenters. The maximum Gasteiger partial charge on any atom is 0.238 e. The third-order valence-corrected chi connectivity index (χ3v) is 3.72. The number of primary sulfonamides is 1. The third-order valence-electron chi connectivity index (χ3n) is 2.27. The molecule has 2 N–H and O–H groups in total. The quantitative estimate of drug-likeness (QED) is 0.923. The fraction of sp³-hybridized carbons (Fsp3) is 0.0909. The van der Waals surface area contributed by atoms with E-state index in [1.807, 2.05) is 0 Å². The van der Waals surface area contributed by atoms with Gasteiger partial charge in [0.1, 0.15) is 6.61 Å². The zero-order valence-corrected chi connectivity index (χ0v) is 12.3. The van der Waals surface area contributed by atoms with E-state index in [1.54, 1.807) is 18.5 Å². The topological polar surface area (TPSA) is 95.2 Å². The smallest absolute Gasteiger partial charge is 0.238 e. The second-order valence-corrected chi connectivity index (χ2v) is 6.09. The number of sulfonamides is 1. The van der Waals surface area contributed by atoms with Gasteiger partial charge in [0.25, 0.3) is 0 Å². The second-order valence-electron chi connectivity index (χ2n) is 3.71. The van der Waals surface area contributed by atoms with E-state index >= 15 is 0 Å². The highest BCUT2D eigenvalue weighted by Crippen LogP contribution is 2.35. The van der Waals surface area contributed by atoms with Crippen molar-refractivity contribution in [3.8, 4) is 5.75 Å². The minimum Gasteiger partial charge on any atom is -0.482 e. The molecule has 0 amide bonds. The number of rotatable bonds is 4. The number of hydrogen-bond donors (Lipinski definition) is 1. The Bertz CT molecular complexity index is 700. The molecule has 0 saturated carbocycles. The summed E-state index contributed by atoms with van der Waals surface area (Å²) in [7, 11) is -3.88. The Hall–Kier alpha value is -1.41. The van der Waals surface area contributed by atoms with Crippen LogP contribution in [0.3, 0.4) is 0 Å². The summed E-state index contributed by atoms with van der Waals surface area (Å²) in [5, 5.41) is 5.08. The summed E-state index contributed by atoms with van der Waals surface area (Å²) < 4.78 is 27.9. The van der Waals surface area contributed by atoms with E-state index in [1.165, 1.54) is 12.1 Å². The van der Waals surface area contributed by atoms with Gasteiger partial charge in [0.05, 0.1) is 14.9 Å². The second kappa shape index (κ2) is 5.92. The van der Waals surface area contributed by atoms with Gasteiger partial charge in [-0.1, -0.05) is 23.2 Å². The lowest BCUT2D eigenvalue weighted by Crippen LogP contribution is -2.12. The van der Waals surface area contributed by atoms with Crippen molar-refractivity contribution in [3.63, 3.8) is 0 Å². The standard InChI is InChI=1S/C11H9Cl2N3O3S/c12-8-4-7(20(14,17)18)5-9(13)11(8)19-6-10-15-2-1-3-16-10/h1-5H,6H2,(H2,14,17,18). The first-order valence-corrected chi connectivity index (χ1v) is 7.58. The zero-order valence-electron chi connectivity index (χ0n) is 9.95. The molecule has 0 atom stereocenters. The number of ether oxygens (including phenoxy) is 1. The van der Waals surface area contributed by atoms with Crippen molar-refractivity contribution < 1.29 is 13.2 Å². The van der Waals surface area contributed by atoms with Gasteiger partial charge in [0.2, 0.25) is 10.0 Å². The van der Waals surface area contributed by atoms with E-state index in [0.717, 1.165) is 0 Å². The van der Waals surface area contributed by atoms with Crippen LogP contribution in [-0.4, -0.2) is 18.4 Å². The highest BCUT2D eigenvalue weighted by atomic mass is 35.5. The summed E-state index contributed by atoms with van der Waals surface area (Å²) in [6.07, 6.45) is 3.14. The van der Waals surface area contributed by atoms with E-state index in [0.29, 0.717) is 5.82 Å². The van der Waals surface area contributed by atoms with Crippen LogP contribution in [0.15, 0.2) is 35.5 Å². The molecule has 1 aromatic heterocycles. The third kappa shape index (κ3) is 3.57. The highest BCUT2D eigenvalue weighted by Gasteiger charge is 2.16. The number of hydrogen-bond acceptors (Lipinski definition) is 5. The molecule has 2 rings (SSSR count). The monoisotopic (exact) mass is 333 g/mol. The van der Waals surface area contributed by atoms with Crippen molar-refractivity contribution in [3.05, 3.63) is 46.5 Å². The first-order chi connectivity index (χ1) is 9.38. The fourth-order valence-corrected chi connectivity index (χ4v) is 2.67. The molecular weight excluding hydrogens is 325 g/mol. The van der Waals surface area contributed by atoms with E-state index in [2.05, 4.69) is 9.97 Å². The SMILES string of the molecule is NS(=O)(=O)c1cc(Cl)c(OCc2ncccn2)c(Cl)c1. The van der Waals surface area contributed by atoms with Crippen molar-refractivity contribution in [2.45, 2.75) is 11.5 Å². The van der Waals surface area contributed by atoms with Gasteiger partial charge in [-0.15, -0.1) is 0 Å². The van der Waals surface area contributed by atoms with Crippen LogP contribution in [0.1, 0.15) is 5.82 Å². The lowest BCUT2D eigenvalue weighted by Gasteiger charge is -2.10. The van der Waals surface area contributed by atoms with Crippen LogP contribution < -0.4 is 9.88 Å². The lowest BCUT2D eigenvalue weighted by atomic mass is 10.3. The van der Waals surface area contributed by atoms with Crippen LogP contribution in [-0.2, 0) is 16.6 Å². The zero-order chi connectivity index (χ0) is 14.8. The Morgan fingerprint density at radius 1 is 1.15 bits per heavy atom. The van der Waals surface area contributed by atoms with Crippen LogP contribution in [0.4, 0.5) is 0 Å². The number of halogens is 2. The normalized spacial score (nSPS) is 11.3. The van der Waals surface area contributed by atoms with E-state index < -0.39 is 10.0 Å². The molecule has 0 aliphatic rings. The van der Waals surface area contributed by atoms with Gasteiger partial charge in [-0.05, 0) is 18.2 Å². The summed E-state index contributed by atoms with van der Waals surface area (Å²) in [6.45, 7) is 0.0506. The average Bonchev–Trinajstić information content (AvgIpc) is 2.37. The van der Waals surface area contributed by atoms with Crippen molar-refractivity contribution in [1.29, 1.82) is 0 Å². The first kappa shape index (κ1) is 15.0. The van der Waals surface area contributed by atoms with Crippen LogP contribution >= 0.6 is 23.2 Å². The average molecular weight is 334 g/mol. The van der Waals surface area contributed by atoms with E-state index in [4.69, 9.17) is 33.1 Å². The molecule has 0 fully saturated rings. The summed E-state index contributed by atoms with van der Waals surface area (Å²) in [5.74, 6) is 0.586. The van der Waals surface area contributed by atoms with Gasteiger partial charge in [0.15, 0.2) is 11.6 Å². The molecule has 6 nitrogen and oxygen atoms in total. The number of benzene rings is 1. The number of nitrogens with zero attached hydrogens (tertiary/aromatic N) is 2. The molecule has 0 aliphatic heterocycles. The Kier molecular flexibility index (Phi) is 4.44. The summed E-state index contributed by atoms with van der Waals surface area (Å²) in [4.78, 5) is 7.76. The Labute approximate surface area is 125 Å². The largest absolute Gasteiger partial charge is 0.482 e. The summed E-state index contributed by atoms with van der Waals surface area (Å²) in [6, 6.07) is 4.01. The molecule has 106 valence electrons. The molecule has 20 heavy (non-hydrogen) atoms. The van der Waals surface area contributed by atoms with Crippen LogP contribution in [0, 0.1) is 0 Å². The molecule has 2 aromatic rings. The molecule has 0 bridgehead atoms. The van der Waals surface area contributed by atoms with E-state index in [-0.39, 0.29) is 27.3 Å². The minimum absolute atomic E-state index is 0.0393. The van der Waals surface area contributed by atoms with Crippen molar-refractivity contribution in [2.75, 3.05) is 0 Å². The molecule has 1 heterocycles. The van der Waals surface area contributed by atoms with Gasteiger partial charge >= 0.3 is 0 Å². The van der Waals surface area contributed by atoms with Gasteiger partial charge in [-0.2, -0.15) is 0 Å². The van der Waals surface area contributed by atoms with Gasteiger partial charge in [0, 0.05) is 12.4 Å². The maximum absolute atomic E-state index is 11.2. The lowest BCUT2D eigenvalue weighted by molar-refractivity contribution is 0.296. The molecule has 0 saturated heterocycles. The summed E-state index contributed by atoms with van der Waals surface area (Å²) >= 11 is 11.9. The number of nitrogens with two attached hydrogens (primary N) is 1. The summed E-state index contributed by atoms with van der Waals surface area (Å²) in [5.41, 5.74) is 0. The van der Waals surface area contributed by atoms with Crippen LogP contribution in [0.25, 0.3) is 0 Å². The molecule has 1 aromatic carbocycles. The van der Waals surface area contributed by atoms with Crippen LogP contribution in [0.5, 0.6) is 5.75 Å². The molecule has 9 heteroatoms. The molecular formula is C11H9Cl2N3O3S. The predicted octanol–water partition coefficient (Wildman–Crippen LogP) is 2.01. The van der Waals surface area contributed by atoms with Gasteiger partial charge in [-0.3, -0.25) is 0 Å². The first-order valence-electron chi connectivity index (χ1n) is 5.28. The maximum atomic E-state index is 11.2.